The number of rotatable bonds is 6. The van der Waals surface area contributed by atoms with E-state index in [0.29, 0.717) is 29.7 Å². The smallest absolute Gasteiger partial charge is 0.339 e. The first-order valence-electron chi connectivity index (χ1n) is 6.19. The van der Waals surface area contributed by atoms with E-state index >= 15 is 0 Å². The number of benzene rings is 1. The van der Waals surface area contributed by atoms with Gasteiger partial charge in [0.15, 0.2) is 0 Å². The average Bonchev–Trinajstić information content (AvgIpc) is 2.35. The molecule has 20 heavy (non-hydrogen) atoms. The van der Waals surface area contributed by atoms with E-state index in [1.165, 1.54) is 11.0 Å². The van der Waals surface area contributed by atoms with Crippen molar-refractivity contribution in [3.05, 3.63) is 27.7 Å². The van der Waals surface area contributed by atoms with Crippen LogP contribution < -0.4 is 4.74 Å². The van der Waals surface area contributed by atoms with E-state index in [9.17, 15) is 14.7 Å². The van der Waals surface area contributed by atoms with Crippen molar-refractivity contribution < 1.29 is 19.4 Å². The molecule has 0 aliphatic rings. The quantitative estimate of drug-likeness (QED) is 0.806. The molecule has 0 atom stereocenters. The molecule has 0 saturated heterocycles. The molecule has 1 aromatic carbocycles. The SMILES string of the molecule is Cc1cc(Br)cc(C(=O)O)c1OCCCC(=O)N(C)C. The van der Waals surface area contributed by atoms with Gasteiger partial charge >= 0.3 is 5.97 Å². The molecule has 0 aromatic heterocycles. The Bertz CT molecular complexity index is 514. The van der Waals surface area contributed by atoms with Crippen LogP contribution in [0.2, 0.25) is 0 Å². The van der Waals surface area contributed by atoms with Crippen LogP contribution in [0.4, 0.5) is 0 Å². The van der Waals surface area contributed by atoms with Crippen molar-refractivity contribution in [2.45, 2.75) is 19.8 Å². The van der Waals surface area contributed by atoms with Crippen LogP contribution >= 0.6 is 15.9 Å². The van der Waals surface area contributed by atoms with E-state index in [4.69, 9.17) is 4.74 Å². The third kappa shape index (κ3) is 4.52. The van der Waals surface area contributed by atoms with E-state index in [2.05, 4.69) is 15.9 Å². The highest BCUT2D eigenvalue weighted by molar-refractivity contribution is 9.10. The number of nitrogens with zero attached hydrogens (tertiary/aromatic N) is 1. The number of carbonyl (C=O) groups excluding carboxylic acids is 1. The molecule has 0 bridgehead atoms. The largest absolute Gasteiger partial charge is 0.492 e. The molecule has 6 heteroatoms. The van der Waals surface area contributed by atoms with Crippen LogP contribution in [-0.4, -0.2) is 42.6 Å². The van der Waals surface area contributed by atoms with Gasteiger partial charge in [-0.1, -0.05) is 15.9 Å². The number of hydrogen-bond donors (Lipinski definition) is 1. The summed E-state index contributed by atoms with van der Waals surface area (Å²) in [5.74, 6) is -0.647. The van der Waals surface area contributed by atoms with Crippen LogP contribution in [0.15, 0.2) is 16.6 Å². The monoisotopic (exact) mass is 343 g/mol. The number of carboxylic acid groups (broad SMARTS) is 1. The van der Waals surface area contributed by atoms with Crippen LogP contribution in [0, 0.1) is 6.92 Å². The summed E-state index contributed by atoms with van der Waals surface area (Å²) in [6.07, 6.45) is 0.927. The van der Waals surface area contributed by atoms with Crippen LogP contribution in [0.5, 0.6) is 5.75 Å². The Morgan fingerprint density at radius 3 is 2.55 bits per heavy atom. The maximum atomic E-state index is 11.4. The van der Waals surface area contributed by atoms with E-state index < -0.39 is 5.97 Å². The molecule has 1 rings (SSSR count). The Hall–Kier alpha value is -1.56. The minimum absolute atomic E-state index is 0.0274. The molecule has 1 amide bonds. The molecule has 110 valence electrons. The number of carboxylic acids is 1. The van der Waals surface area contributed by atoms with E-state index in [1.54, 1.807) is 27.1 Å². The number of amides is 1. The van der Waals surface area contributed by atoms with Gasteiger partial charge in [0.1, 0.15) is 11.3 Å². The minimum atomic E-state index is -1.03. The highest BCUT2D eigenvalue weighted by Crippen LogP contribution is 2.28. The standard InChI is InChI=1S/C14H18BrNO4/c1-9-7-10(15)8-11(14(18)19)13(9)20-6-4-5-12(17)16(2)3/h7-8H,4-6H2,1-3H3,(H,18,19). The molecule has 0 fully saturated rings. The zero-order valence-electron chi connectivity index (χ0n) is 11.8. The minimum Gasteiger partial charge on any atom is -0.492 e. The Labute approximate surface area is 126 Å². The fourth-order valence-electron chi connectivity index (χ4n) is 1.70. The lowest BCUT2D eigenvalue weighted by molar-refractivity contribution is -0.128. The second-order valence-electron chi connectivity index (χ2n) is 4.64. The van der Waals surface area contributed by atoms with Crippen molar-refractivity contribution in [1.82, 2.24) is 4.90 Å². The van der Waals surface area contributed by atoms with Crippen molar-refractivity contribution >= 4 is 27.8 Å². The Balaban J connectivity index is 2.68. The molecule has 1 N–H and O–H groups in total. The molecular formula is C14H18BrNO4. The molecule has 0 aliphatic carbocycles. The summed E-state index contributed by atoms with van der Waals surface area (Å²) in [7, 11) is 3.40. The third-order valence-electron chi connectivity index (χ3n) is 2.75. The Morgan fingerprint density at radius 1 is 1.35 bits per heavy atom. The molecule has 0 aliphatic heterocycles. The molecular weight excluding hydrogens is 326 g/mol. The normalized spacial score (nSPS) is 10.2. The second kappa shape index (κ2) is 7.28. The van der Waals surface area contributed by atoms with Gasteiger partial charge in [0.2, 0.25) is 5.91 Å². The molecule has 0 unspecified atom stereocenters. The number of aryl methyl sites for hydroxylation is 1. The molecule has 0 saturated carbocycles. The third-order valence-corrected chi connectivity index (χ3v) is 3.21. The van der Waals surface area contributed by atoms with Gasteiger partial charge in [-0.3, -0.25) is 4.79 Å². The lowest BCUT2D eigenvalue weighted by Gasteiger charge is -2.13. The van der Waals surface area contributed by atoms with Crippen molar-refractivity contribution in [1.29, 1.82) is 0 Å². The average molecular weight is 344 g/mol. The summed E-state index contributed by atoms with van der Waals surface area (Å²) >= 11 is 3.26. The van der Waals surface area contributed by atoms with Crippen molar-refractivity contribution in [2.24, 2.45) is 0 Å². The maximum absolute atomic E-state index is 11.4. The highest BCUT2D eigenvalue weighted by Gasteiger charge is 2.15. The summed E-state index contributed by atoms with van der Waals surface area (Å²) in [5, 5.41) is 9.17. The zero-order chi connectivity index (χ0) is 15.3. The molecule has 0 spiro atoms. The van der Waals surface area contributed by atoms with Crippen LogP contribution in [0.3, 0.4) is 0 Å². The van der Waals surface area contributed by atoms with Gasteiger partial charge in [-0.05, 0) is 31.0 Å². The van der Waals surface area contributed by atoms with Crippen molar-refractivity contribution in [2.75, 3.05) is 20.7 Å². The fraction of sp³-hybridized carbons (Fsp3) is 0.429. The lowest BCUT2D eigenvalue weighted by atomic mass is 10.1. The molecule has 0 heterocycles. The summed E-state index contributed by atoms with van der Waals surface area (Å²) in [6.45, 7) is 2.10. The summed E-state index contributed by atoms with van der Waals surface area (Å²) in [5.41, 5.74) is 0.867. The van der Waals surface area contributed by atoms with Gasteiger partial charge < -0.3 is 14.7 Å². The van der Waals surface area contributed by atoms with Crippen LogP contribution in [-0.2, 0) is 4.79 Å². The van der Waals surface area contributed by atoms with Gasteiger partial charge in [0.05, 0.1) is 6.61 Å². The number of aromatic carboxylic acids is 1. The first kappa shape index (κ1) is 16.5. The number of hydrogen-bond acceptors (Lipinski definition) is 3. The maximum Gasteiger partial charge on any atom is 0.339 e. The van der Waals surface area contributed by atoms with E-state index in [-0.39, 0.29) is 11.5 Å². The summed E-state index contributed by atoms with van der Waals surface area (Å²) in [6, 6.07) is 3.31. The molecule has 0 radical (unpaired) electrons. The van der Waals surface area contributed by atoms with Gasteiger partial charge in [-0.2, -0.15) is 0 Å². The van der Waals surface area contributed by atoms with Gasteiger partial charge in [0.25, 0.3) is 0 Å². The van der Waals surface area contributed by atoms with Gasteiger partial charge in [-0.25, -0.2) is 4.79 Å². The second-order valence-corrected chi connectivity index (χ2v) is 5.56. The van der Waals surface area contributed by atoms with Crippen LogP contribution in [0.25, 0.3) is 0 Å². The predicted molar refractivity (Wildman–Crippen MR) is 79.3 cm³/mol. The molecule has 5 nitrogen and oxygen atoms in total. The number of halogens is 1. The van der Waals surface area contributed by atoms with Gasteiger partial charge in [-0.15, -0.1) is 0 Å². The molecule has 1 aromatic rings. The first-order chi connectivity index (χ1) is 9.32. The topological polar surface area (TPSA) is 66.8 Å². The van der Waals surface area contributed by atoms with Crippen molar-refractivity contribution in [3.8, 4) is 5.75 Å². The predicted octanol–water partition coefficient (Wildman–Crippen LogP) is 2.70. The van der Waals surface area contributed by atoms with Crippen molar-refractivity contribution in [3.63, 3.8) is 0 Å². The summed E-state index contributed by atoms with van der Waals surface area (Å²) in [4.78, 5) is 24.1. The zero-order valence-corrected chi connectivity index (χ0v) is 13.4. The fourth-order valence-corrected chi connectivity index (χ4v) is 2.27. The number of carbonyl (C=O) groups is 2. The first-order valence-corrected chi connectivity index (χ1v) is 6.98. The van der Waals surface area contributed by atoms with E-state index in [0.717, 1.165) is 5.56 Å². The Kier molecular flexibility index (Phi) is 6.01. The number of ether oxygens (including phenoxy) is 1. The lowest BCUT2D eigenvalue weighted by Crippen LogP contribution is -2.21. The van der Waals surface area contributed by atoms with Gasteiger partial charge in [0, 0.05) is 25.0 Å². The summed E-state index contributed by atoms with van der Waals surface area (Å²) < 4.78 is 6.24. The van der Waals surface area contributed by atoms with E-state index in [1.807, 2.05) is 0 Å². The van der Waals surface area contributed by atoms with Crippen LogP contribution in [0.1, 0.15) is 28.8 Å². The highest BCUT2D eigenvalue weighted by atomic mass is 79.9. The Morgan fingerprint density at radius 2 is 2.00 bits per heavy atom.